The second-order valence-corrected chi connectivity index (χ2v) is 7.34. The molecule has 0 unspecified atom stereocenters. The number of halogens is 1. The number of carbonyl (C=O) groups is 1. The standard InChI is InChI=1S/C20H17BrN4O4/c21-11-7-8-15-13(10-11)17(20(27)23-15)19-18(12-4-1-2-5-14(12)22-19)25-29-9-3-6-16(26)24-28/h1-2,4-5,7-8,10,23,27-28H,3,6,9H2,(H,24,26)/b25-18+. The fourth-order valence-corrected chi connectivity index (χ4v) is 3.55. The molecule has 2 aromatic carbocycles. The first-order chi connectivity index (χ1) is 14.1. The molecule has 4 N–H and O–H groups in total. The summed E-state index contributed by atoms with van der Waals surface area (Å²) < 4.78 is 0.873. The Balaban J connectivity index is 1.69. The monoisotopic (exact) mass is 456 g/mol. The van der Waals surface area contributed by atoms with Gasteiger partial charge in [-0.2, -0.15) is 0 Å². The lowest BCUT2D eigenvalue weighted by Crippen LogP contribution is -2.18. The summed E-state index contributed by atoms with van der Waals surface area (Å²) in [4.78, 5) is 24.1. The van der Waals surface area contributed by atoms with Crippen LogP contribution >= 0.6 is 15.9 Å². The third-order valence-corrected chi connectivity index (χ3v) is 5.01. The Morgan fingerprint density at radius 2 is 2.10 bits per heavy atom. The van der Waals surface area contributed by atoms with Crippen LogP contribution in [0.4, 0.5) is 5.69 Å². The van der Waals surface area contributed by atoms with Crippen LogP contribution in [0.5, 0.6) is 5.88 Å². The first-order valence-corrected chi connectivity index (χ1v) is 9.69. The van der Waals surface area contributed by atoms with E-state index in [2.05, 4.69) is 31.1 Å². The normalized spacial score (nSPS) is 14.1. The number of carbonyl (C=O) groups excluding carboxylic acids is 1. The van der Waals surface area contributed by atoms with E-state index in [1.54, 1.807) is 5.48 Å². The summed E-state index contributed by atoms with van der Waals surface area (Å²) in [5, 5.41) is 24.1. The summed E-state index contributed by atoms with van der Waals surface area (Å²) in [6.45, 7) is 0.192. The van der Waals surface area contributed by atoms with Gasteiger partial charge in [0.05, 0.1) is 11.3 Å². The van der Waals surface area contributed by atoms with Crippen LogP contribution in [0.25, 0.3) is 10.9 Å². The number of hydroxylamine groups is 1. The van der Waals surface area contributed by atoms with E-state index < -0.39 is 5.91 Å². The summed E-state index contributed by atoms with van der Waals surface area (Å²) in [5.41, 5.74) is 5.42. The molecule has 1 aromatic heterocycles. The molecular formula is C20H17BrN4O4. The molecule has 1 amide bonds. The molecule has 0 fully saturated rings. The minimum absolute atomic E-state index is 0.00280. The zero-order chi connectivity index (χ0) is 20.4. The number of amides is 1. The average molecular weight is 457 g/mol. The third-order valence-electron chi connectivity index (χ3n) is 4.51. The van der Waals surface area contributed by atoms with Crippen LogP contribution in [-0.2, 0) is 9.63 Å². The van der Waals surface area contributed by atoms with Gasteiger partial charge < -0.3 is 14.9 Å². The summed E-state index contributed by atoms with van der Waals surface area (Å²) in [7, 11) is 0. The maximum absolute atomic E-state index is 11.1. The number of para-hydroxylation sites is 1. The van der Waals surface area contributed by atoms with E-state index in [0.29, 0.717) is 23.4 Å². The number of hydrogen-bond donors (Lipinski definition) is 4. The van der Waals surface area contributed by atoms with Gasteiger partial charge in [-0.05, 0) is 30.7 Å². The largest absolute Gasteiger partial charge is 0.494 e. The first-order valence-electron chi connectivity index (χ1n) is 8.90. The van der Waals surface area contributed by atoms with E-state index in [1.165, 1.54) is 0 Å². The predicted octanol–water partition coefficient (Wildman–Crippen LogP) is 3.78. The van der Waals surface area contributed by atoms with E-state index in [9.17, 15) is 9.90 Å². The lowest BCUT2D eigenvalue weighted by molar-refractivity contribution is -0.129. The number of nitrogens with zero attached hydrogens (tertiary/aromatic N) is 2. The Labute approximate surface area is 174 Å². The molecule has 1 aliphatic heterocycles. The van der Waals surface area contributed by atoms with Crippen molar-refractivity contribution in [3.05, 3.63) is 58.1 Å². The number of oxime groups is 1. The average Bonchev–Trinajstić information content (AvgIpc) is 3.23. The van der Waals surface area contributed by atoms with Gasteiger partial charge in [0, 0.05) is 27.4 Å². The highest BCUT2D eigenvalue weighted by atomic mass is 79.9. The molecule has 0 spiro atoms. The van der Waals surface area contributed by atoms with Crippen LogP contribution in [-0.4, -0.2) is 39.2 Å². The molecule has 0 saturated carbocycles. The molecule has 1 aliphatic rings. The fourth-order valence-electron chi connectivity index (χ4n) is 3.19. The van der Waals surface area contributed by atoms with Gasteiger partial charge in [-0.1, -0.05) is 39.3 Å². The van der Waals surface area contributed by atoms with Crippen LogP contribution in [0.1, 0.15) is 24.0 Å². The molecule has 2 heterocycles. The highest BCUT2D eigenvalue weighted by Gasteiger charge is 2.29. The Hall–Kier alpha value is -3.17. The number of aromatic nitrogens is 1. The maximum Gasteiger partial charge on any atom is 0.243 e. The van der Waals surface area contributed by atoms with Crippen molar-refractivity contribution >= 4 is 49.9 Å². The molecule has 9 heteroatoms. The van der Waals surface area contributed by atoms with Crippen molar-refractivity contribution in [2.45, 2.75) is 12.8 Å². The maximum atomic E-state index is 11.1. The quantitative estimate of drug-likeness (QED) is 0.256. The second kappa shape index (κ2) is 8.06. The van der Waals surface area contributed by atoms with Crippen LogP contribution < -0.4 is 5.48 Å². The Kier molecular flexibility index (Phi) is 5.32. The second-order valence-electron chi connectivity index (χ2n) is 6.43. The fraction of sp³-hybridized carbons (Fsp3) is 0.150. The molecule has 29 heavy (non-hydrogen) atoms. The van der Waals surface area contributed by atoms with E-state index in [-0.39, 0.29) is 18.9 Å². The molecule has 0 aliphatic carbocycles. The Morgan fingerprint density at radius 1 is 1.28 bits per heavy atom. The number of aromatic hydroxyl groups is 1. The van der Waals surface area contributed by atoms with E-state index in [0.717, 1.165) is 26.6 Å². The van der Waals surface area contributed by atoms with Crippen LogP contribution in [0.3, 0.4) is 0 Å². The van der Waals surface area contributed by atoms with Crippen molar-refractivity contribution in [1.82, 2.24) is 10.5 Å². The van der Waals surface area contributed by atoms with E-state index in [4.69, 9.17) is 10.0 Å². The molecule has 4 rings (SSSR count). The number of aromatic amines is 1. The number of aliphatic imine (C=N–C) groups is 1. The van der Waals surface area contributed by atoms with Gasteiger partial charge in [0.25, 0.3) is 0 Å². The summed E-state index contributed by atoms with van der Waals surface area (Å²) in [6.07, 6.45) is 0.513. The number of fused-ring (bicyclic) bond motifs is 2. The Bertz CT molecular complexity index is 1150. The zero-order valence-electron chi connectivity index (χ0n) is 15.1. The lowest BCUT2D eigenvalue weighted by Gasteiger charge is -2.05. The number of nitrogens with one attached hydrogen (secondary N) is 2. The summed E-state index contributed by atoms with van der Waals surface area (Å²) in [5.74, 6) is -0.485. The van der Waals surface area contributed by atoms with Gasteiger partial charge in [0.1, 0.15) is 18.0 Å². The Morgan fingerprint density at radius 3 is 2.93 bits per heavy atom. The number of H-pyrrole nitrogens is 1. The number of hydrogen-bond acceptors (Lipinski definition) is 6. The number of rotatable bonds is 6. The van der Waals surface area contributed by atoms with Crippen molar-refractivity contribution in [2.24, 2.45) is 10.1 Å². The van der Waals surface area contributed by atoms with Gasteiger partial charge in [-0.15, -0.1) is 0 Å². The van der Waals surface area contributed by atoms with Crippen molar-refractivity contribution in [1.29, 1.82) is 0 Å². The zero-order valence-corrected chi connectivity index (χ0v) is 16.7. The van der Waals surface area contributed by atoms with E-state index in [1.807, 2.05) is 42.5 Å². The SMILES string of the molecule is O=C(CCCO/N=C1/C(c2c(O)[nH]c3ccc(Br)cc23)=Nc2ccccc21)NO. The molecular weight excluding hydrogens is 440 g/mol. The molecule has 3 aromatic rings. The van der Waals surface area contributed by atoms with Crippen molar-refractivity contribution in [2.75, 3.05) is 6.61 Å². The van der Waals surface area contributed by atoms with Crippen LogP contribution in [0.15, 0.2) is 57.1 Å². The minimum Gasteiger partial charge on any atom is -0.494 e. The highest BCUT2D eigenvalue weighted by Crippen LogP contribution is 2.36. The van der Waals surface area contributed by atoms with E-state index >= 15 is 0 Å². The molecule has 8 nitrogen and oxygen atoms in total. The topological polar surface area (TPSA) is 119 Å². The summed E-state index contributed by atoms with van der Waals surface area (Å²) >= 11 is 3.46. The lowest BCUT2D eigenvalue weighted by atomic mass is 10.0. The van der Waals surface area contributed by atoms with Crippen molar-refractivity contribution < 1.29 is 19.9 Å². The predicted molar refractivity (Wildman–Crippen MR) is 112 cm³/mol. The van der Waals surface area contributed by atoms with Crippen LogP contribution in [0, 0.1) is 0 Å². The minimum atomic E-state index is -0.482. The molecule has 0 radical (unpaired) electrons. The van der Waals surface area contributed by atoms with Gasteiger partial charge in [-0.3, -0.25) is 10.0 Å². The molecule has 0 saturated heterocycles. The number of benzene rings is 2. The van der Waals surface area contributed by atoms with Gasteiger partial charge in [0.15, 0.2) is 5.88 Å². The van der Waals surface area contributed by atoms with Crippen molar-refractivity contribution in [3.8, 4) is 5.88 Å². The third kappa shape index (κ3) is 3.74. The highest BCUT2D eigenvalue weighted by molar-refractivity contribution is 9.10. The van der Waals surface area contributed by atoms with Crippen molar-refractivity contribution in [3.63, 3.8) is 0 Å². The molecule has 0 atom stereocenters. The summed E-state index contributed by atoms with van der Waals surface area (Å²) in [6, 6.07) is 13.2. The van der Waals surface area contributed by atoms with Crippen LogP contribution in [0.2, 0.25) is 0 Å². The van der Waals surface area contributed by atoms with Gasteiger partial charge in [-0.25, -0.2) is 10.5 Å². The molecule has 148 valence electrons. The smallest absolute Gasteiger partial charge is 0.243 e. The van der Waals surface area contributed by atoms with Gasteiger partial charge >= 0.3 is 0 Å². The molecule has 0 bridgehead atoms. The first kappa shape index (κ1) is 19.2. The van der Waals surface area contributed by atoms with Gasteiger partial charge in [0.2, 0.25) is 5.91 Å².